The Bertz CT molecular complexity index is 405. The van der Waals surface area contributed by atoms with Crippen molar-refractivity contribution in [3.05, 3.63) is 24.2 Å². The maximum absolute atomic E-state index is 12.0. The van der Waals surface area contributed by atoms with Crippen LogP contribution in [-0.4, -0.2) is 36.5 Å². The van der Waals surface area contributed by atoms with E-state index < -0.39 is 0 Å². The number of hydrogen-bond acceptors (Lipinski definition) is 4. The molecule has 2 heterocycles. The molecule has 0 spiro atoms. The maximum atomic E-state index is 12.0. The van der Waals surface area contributed by atoms with Crippen molar-refractivity contribution in [1.82, 2.24) is 10.2 Å². The number of nitrogens with one attached hydrogen (secondary N) is 1. The zero-order valence-electron chi connectivity index (χ0n) is 11.6. The minimum atomic E-state index is -0.0908. The molecule has 1 aromatic heterocycles. The highest BCUT2D eigenvalue weighted by atomic mass is 16.3. The molecule has 3 atom stereocenters. The second kappa shape index (κ2) is 6.21. The van der Waals surface area contributed by atoms with E-state index >= 15 is 0 Å². The number of piperidine rings is 1. The van der Waals surface area contributed by atoms with Gasteiger partial charge < -0.3 is 15.5 Å². The largest absolute Gasteiger partial charge is 0.467 e. The van der Waals surface area contributed by atoms with E-state index in [4.69, 9.17) is 10.2 Å². The van der Waals surface area contributed by atoms with Gasteiger partial charge in [-0.15, -0.1) is 0 Å². The minimum Gasteiger partial charge on any atom is -0.467 e. The van der Waals surface area contributed by atoms with Gasteiger partial charge in [-0.05, 0) is 31.4 Å². The Balaban J connectivity index is 1.78. The van der Waals surface area contributed by atoms with Crippen LogP contribution < -0.4 is 11.1 Å². The van der Waals surface area contributed by atoms with Crippen LogP contribution in [0.3, 0.4) is 0 Å². The monoisotopic (exact) mass is 265 g/mol. The summed E-state index contributed by atoms with van der Waals surface area (Å²) in [5.74, 6) is 1.26. The number of carbonyl (C=O) groups is 1. The molecule has 0 aliphatic carbocycles. The Kier molecular flexibility index (Phi) is 4.61. The molecule has 1 fully saturated rings. The molecule has 1 aromatic rings. The fraction of sp³-hybridized carbons (Fsp3) is 0.643. The second-order valence-corrected chi connectivity index (χ2v) is 5.47. The van der Waals surface area contributed by atoms with Crippen molar-refractivity contribution in [3.63, 3.8) is 0 Å². The highest BCUT2D eigenvalue weighted by Crippen LogP contribution is 2.15. The Labute approximate surface area is 114 Å². The van der Waals surface area contributed by atoms with Gasteiger partial charge in [-0.25, -0.2) is 0 Å². The van der Waals surface area contributed by atoms with Crippen molar-refractivity contribution >= 4 is 5.91 Å². The van der Waals surface area contributed by atoms with Crippen LogP contribution in [0.5, 0.6) is 0 Å². The SMILES string of the molecule is CC(NC(=O)CN1CCC(N)C(C)C1)c1ccco1. The van der Waals surface area contributed by atoms with Gasteiger partial charge in [0, 0.05) is 19.1 Å². The molecule has 0 aromatic carbocycles. The van der Waals surface area contributed by atoms with Crippen molar-refractivity contribution in [3.8, 4) is 0 Å². The van der Waals surface area contributed by atoms with Gasteiger partial charge in [0.15, 0.2) is 0 Å². The van der Waals surface area contributed by atoms with Crippen LogP contribution >= 0.6 is 0 Å². The summed E-state index contributed by atoms with van der Waals surface area (Å²) >= 11 is 0. The summed E-state index contributed by atoms with van der Waals surface area (Å²) < 4.78 is 5.27. The van der Waals surface area contributed by atoms with Crippen molar-refractivity contribution < 1.29 is 9.21 Å². The standard InChI is InChI=1S/C14H23N3O2/c1-10-8-17(6-5-12(10)15)9-14(18)16-11(2)13-4-3-7-19-13/h3-4,7,10-12H,5-6,8-9,15H2,1-2H3,(H,16,18). The molecule has 3 unspecified atom stereocenters. The van der Waals surface area contributed by atoms with Crippen LogP contribution in [0.15, 0.2) is 22.8 Å². The smallest absolute Gasteiger partial charge is 0.234 e. The predicted molar refractivity (Wildman–Crippen MR) is 73.5 cm³/mol. The van der Waals surface area contributed by atoms with Gasteiger partial charge in [0.25, 0.3) is 0 Å². The molecule has 106 valence electrons. The van der Waals surface area contributed by atoms with Gasteiger partial charge in [0.05, 0.1) is 18.8 Å². The van der Waals surface area contributed by atoms with Crippen molar-refractivity contribution in [2.24, 2.45) is 11.7 Å². The first-order chi connectivity index (χ1) is 9.06. The number of amides is 1. The highest BCUT2D eigenvalue weighted by molar-refractivity contribution is 5.78. The molecule has 1 amide bonds. The molecule has 5 nitrogen and oxygen atoms in total. The topological polar surface area (TPSA) is 71.5 Å². The molecule has 1 aliphatic rings. The number of carbonyl (C=O) groups excluding carboxylic acids is 1. The quantitative estimate of drug-likeness (QED) is 0.856. The molecular formula is C14H23N3O2. The normalized spacial score (nSPS) is 26.1. The Morgan fingerprint density at radius 3 is 3.11 bits per heavy atom. The lowest BCUT2D eigenvalue weighted by molar-refractivity contribution is -0.123. The lowest BCUT2D eigenvalue weighted by Gasteiger charge is -2.34. The third-order valence-corrected chi connectivity index (χ3v) is 3.77. The van der Waals surface area contributed by atoms with Gasteiger partial charge >= 0.3 is 0 Å². The van der Waals surface area contributed by atoms with Crippen LogP contribution in [-0.2, 0) is 4.79 Å². The molecule has 0 saturated carbocycles. The molecule has 0 radical (unpaired) electrons. The second-order valence-electron chi connectivity index (χ2n) is 5.47. The first kappa shape index (κ1) is 14.1. The molecule has 1 saturated heterocycles. The summed E-state index contributed by atoms with van der Waals surface area (Å²) in [5, 5.41) is 2.95. The third-order valence-electron chi connectivity index (χ3n) is 3.77. The maximum Gasteiger partial charge on any atom is 0.234 e. The third kappa shape index (κ3) is 3.81. The summed E-state index contributed by atoms with van der Waals surface area (Å²) in [7, 11) is 0. The average molecular weight is 265 g/mol. The first-order valence-corrected chi connectivity index (χ1v) is 6.87. The van der Waals surface area contributed by atoms with Crippen molar-refractivity contribution in [2.45, 2.75) is 32.4 Å². The van der Waals surface area contributed by atoms with E-state index in [0.29, 0.717) is 12.5 Å². The number of furan rings is 1. The van der Waals surface area contributed by atoms with E-state index in [9.17, 15) is 4.79 Å². The zero-order chi connectivity index (χ0) is 13.8. The Morgan fingerprint density at radius 2 is 2.47 bits per heavy atom. The number of likely N-dealkylation sites (tertiary alicyclic amines) is 1. The van der Waals surface area contributed by atoms with Crippen LogP contribution in [0.25, 0.3) is 0 Å². The number of rotatable bonds is 4. The van der Waals surface area contributed by atoms with Gasteiger partial charge in [0.1, 0.15) is 5.76 Å². The Hall–Kier alpha value is -1.33. The molecule has 0 bridgehead atoms. The summed E-state index contributed by atoms with van der Waals surface area (Å²) in [4.78, 5) is 14.1. The van der Waals surface area contributed by atoms with Crippen molar-refractivity contribution in [1.29, 1.82) is 0 Å². The zero-order valence-corrected chi connectivity index (χ0v) is 11.6. The summed E-state index contributed by atoms with van der Waals surface area (Å²) in [6, 6.07) is 3.87. The van der Waals surface area contributed by atoms with E-state index in [-0.39, 0.29) is 18.0 Å². The Morgan fingerprint density at radius 1 is 1.68 bits per heavy atom. The van der Waals surface area contributed by atoms with E-state index in [0.717, 1.165) is 25.3 Å². The summed E-state index contributed by atoms with van der Waals surface area (Å²) in [6.07, 6.45) is 2.58. The molecule has 3 N–H and O–H groups in total. The lowest BCUT2D eigenvalue weighted by Crippen LogP contribution is -2.49. The molecule has 1 aliphatic heterocycles. The van der Waals surface area contributed by atoms with Crippen LogP contribution in [0.4, 0.5) is 0 Å². The highest BCUT2D eigenvalue weighted by Gasteiger charge is 2.24. The fourth-order valence-corrected chi connectivity index (χ4v) is 2.49. The molecule has 5 heteroatoms. The number of hydrogen-bond donors (Lipinski definition) is 2. The van der Waals surface area contributed by atoms with Crippen molar-refractivity contribution in [2.75, 3.05) is 19.6 Å². The average Bonchev–Trinajstić information content (AvgIpc) is 2.87. The van der Waals surface area contributed by atoms with Gasteiger partial charge in [-0.1, -0.05) is 6.92 Å². The minimum absolute atomic E-state index is 0.0339. The van der Waals surface area contributed by atoms with Crippen LogP contribution in [0.1, 0.15) is 32.1 Å². The first-order valence-electron chi connectivity index (χ1n) is 6.87. The van der Waals surface area contributed by atoms with E-state index in [1.807, 2.05) is 19.1 Å². The predicted octanol–water partition coefficient (Wildman–Crippen LogP) is 1.13. The summed E-state index contributed by atoms with van der Waals surface area (Å²) in [6.45, 7) is 6.28. The summed E-state index contributed by atoms with van der Waals surface area (Å²) in [5.41, 5.74) is 5.98. The van der Waals surface area contributed by atoms with Crippen LogP contribution in [0, 0.1) is 5.92 Å². The van der Waals surface area contributed by atoms with E-state index in [1.165, 1.54) is 0 Å². The lowest BCUT2D eigenvalue weighted by atomic mass is 9.95. The molecule has 2 rings (SSSR count). The molecule has 19 heavy (non-hydrogen) atoms. The van der Waals surface area contributed by atoms with Gasteiger partial charge in [-0.3, -0.25) is 9.69 Å². The fourth-order valence-electron chi connectivity index (χ4n) is 2.49. The molecular weight excluding hydrogens is 242 g/mol. The van der Waals surface area contributed by atoms with Gasteiger partial charge in [-0.2, -0.15) is 0 Å². The number of nitrogens with zero attached hydrogens (tertiary/aromatic N) is 1. The van der Waals surface area contributed by atoms with Crippen LogP contribution in [0.2, 0.25) is 0 Å². The number of nitrogens with two attached hydrogens (primary N) is 1. The van der Waals surface area contributed by atoms with E-state index in [2.05, 4.69) is 17.1 Å². The van der Waals surface area contributed by atoms with E-state index in [1.54, 1.807) is 6.26 Å². The van der Waals surface area contributed by atoms with Gasteiger partial charge in [0.2, 0.25) is 5.91 Å².